The van der Waals surface area contributed by atoms with E-state index in [2.05, 4.69) is 6.92 Å². The average Bonchev–Trinajstić information content (AvgIpc) is 3.43. The zero-order chi connectivity index (χ0) is 24.6. The Kier molecular flexibility index (Phi) is 5.94. The second kappa shape index (κ2) is 9.07. The fourth-order valence-electron chi connectivity index (χ4n) is 4.35. The number of ether oxygens (including phenoxy) is 1. The van der Waals surface area contributed by atoms with Gasteiger partial charge in [0.2, 0.25) is 0 Å². The van der Waals surface area contributed by atoms with E-state index in [1.807, 2.05) is 77.4 Å². The van der Waals surface area contributed by atoms with Crippen LogP contribution in [0.15, 0.2) is 90.0 Å². The Morgan fingerprint density at radius 2 is 1.49 bits per heavy atom. The third-order valence-corrected chi connectivity index (χ3v) is 7.95. The van der Waals surface area contributed by atoms with Gasteiger partial charge in [0.1, 0.15) is 11.4 Å². The molecule has 7 heteroatoms. The Bertz CT molecular complexity index is 1580. The van der Waals surface area contributed by atoms with E-state index in [0.29, 0.717) is 18.0 Å². The lowest BCUT2D eigenvalue weighted by Crippen LogP contribution is -2.15. The van der Waals surface area contributed by atoms with Crippen LogP contribution < -0.4 is 4.74 Å². The Labute approximate surface area is 205 Å². The summed E-state index contributed by atoms with van der Waals surface area (Å²) in [5.74, 6) is 0.825. The molecule has 35 heavy (non-hydrogen) atoms. The standard InChI is InChI=1S/C28H27N3O3S/c1-4-19-34-24-14-10-23(11-15-24)28-27(26-7-5-6-18-30(26)29-28)22-12-16-25(17-13-22)35(32,33)31-20(2)8-9-21(31)3/h5-18H,4,19H2,1-3H3. The number of benzene rings is 2. The summed E-state index contributed by atoms with van der Waals surface area (Å²) in [5.41, 5.74) is 5.94. The summed E-state index contributed by atoms with van der Waals surface area (Å²) < 4.78 is 35.5. The number of hydrogen-bond donors (Lipinski definition) is 0. The van der Waals surface area contributed by atoms with E-state index in [4.69, 9.17) is 9.84 Å². The van der Waals surface area contributed by atoms with Crippen LogP contribution in [0.3, 0.4) is 0 Å². The number of nitrogens with zero attached hydrogens (tertiary/aromatic N) is 3. The highest BCUT2D eigenvalue weighted by Crippen LogP contribution is 2.36. The monoisotopic (exact) mass is 485 g/mol. The van der Waals surface area contributed by atoms with E-state index in [9.17, 15) is 8.42 Å². The van der Waals surface area contributed by atoms with Gasteiger partial charge in [-0.05, 0) is 86.5 Å². The SMILES string of the molecule is CCCOc1ccc(-c2nn3ccccc3c2-c2ccc(S(=O)(=O)n3c(C)ccc3C)cc2)cc1. The van der Waals surface area contributed by atoms with E-state index in [0.717, 1.165) is 40.1 Å². The van der Waals surface area contributed by atoms with Crippen molar-refractivity contribution in [1.29, 1.82) is 0 Å². The lowest BCUT2D eigenvalue weighted by atomic mass is 10.00. The number of aromatic nitrogens is 3. The maximum atomic E-state index is 13.3. The Morgan fingerprint density at radius 3 is 2.14 bits per heavy atom. The van der Waals surface area contributed by atoms with Crippen molar-refractivity contribution in [3.05, 3.63) is 96.4 Å². The first-order valence-corrected chi connectivity index (χ1v) is 13.1. The summed E-state index contributed by atoms with van der Waals surface area (Å²) >= 11 is 0. The van der Waals surface area contributed by atoms with Gasteiger partial charge in [-0.2, -0.15) is 5.10 Å². The van der Waals surface area contributed by atoms with Gasteiger partial charge in [0, 0.05) is 28.7 Å². The van der Waals surface area contributed by atoms with Crippen LogP contribution >= 0.6 is 0 Å². The largest absolute Gasteiger partial charge is 0.494 e. The first kappa shape index (κ1) is 22.9. The Morgan fingerprint density at radius 1 is 0.829 bits per heavy atom. The molecule has 6 nitrogen and oxygen atoms in total. The van der Waals surface area contributed by atoms with Crippen LogP contribution in [-0.4, -0.2) is 28.6 Å². The van der Waals surface area contributed by atoms with Gasteiger partial charge >= 0.3 is 0 Å². The van der Waals surface area contributed by atoms with Crippen LogP contribution in [0.25, 0.3) is 27.9 Å². The van der Waals surface area contributed by atoms with Gasteiger partial charge in [-0.3, -0.25) is 0 Å². The predicted octanol–water partition coefficient (Wildman–Crippen LogP) is 6.11. The van der Waals surface area contributed by atoms with Crippen LogP contribution in [0.1, 0.15) is 24.7 Å². The van der Waals surface area contributed by atoms with E-state index < -0.39 is 10.0 Å². The highest BCUT2D eigenvalue weighted by atomic mass is 32.2. The lowest BCUT2D eigenvalue weighted by Gasteiger charge is -2.12. The smallest absolute Gasteiger partial charge is 0.268 e. The summed E-state index contributed by atoms with van der Waals surface area (Å²) in [4.78, 5) is 0.249. The molecule has 0 saturated carbocycles. The normalized spacial score (nSPS) is 11.7. The van der Waals surface area contributed by atoms with Crippen LogP contribution in [0.4, 0.5) is 0 Å². The van der Waals surface area contributed by atoms with Crippen molar-refractivity contribution >= 4 is 15.5 Å². The van der Waals surface area contributed by atoms with Crippen LogP contribution in [0.2, 0.25) is 0 Å². The topological polar surface area (TPSA) is 65.6 Å². The second-order valence-electron chi connectivity index (χ2n) is 8.54. The van der Waals surface area contributed by atoms with E-state index >= 15 is 0 Å². The molecular formula is C28H27N3O3S. The molecule has 0 aliphatic carbocycles. The maximum absolute atomic E-state index is 13.3. The minimum absolute atomic E-state index is 0.249. The van der Waals surface area contributed by atoms with Gasteiger partial charge in [0.25, 0.3) is 10.0 Å². The number of aryl methyl sites for hydroxylation is 2. The Hall–Kier alpha value is -3.84. The van der Waals surface area contributed by atoms with Crippen molar-refractivity contribution in [3.8, 4) is 28.1 Å². The van der Waals surface area contributed by atoms with E-state index in [1.54, 1.807) is 26.0 Å². The fraction of sp³-hybridized carbons (Fsp3) is 0.179. The summed E-state index contributed by atoms with van der Waals surface area (Å²) in [6.07, 6.45) is 2.87. The number of pyridine rings is 1. The molecule has 3 aromatic heterocycles. The summed E-state index contributed by atoms with van der Waals surface area (Å²) in [7, 11) is -3.68. The third kappa shape index (κ3) is 4.12. The van der Waals surface area contributed by atoms with Crippen LogP contribution in [0.5, 0.6) is 5.75 Å². The molecule has 3 heterocycles. The highest BCUT2D eigenvalue weighted by Gasteiger charge is 2.22. The molecule has 0 fully saturated rings. The Balaban J connectivity index is 1.59. The van der Waals surface area contributed by atoms with Gasteiger partial charge in [-0.25, -0.2) is 16.9 Å². The molecule has 0 aliphatic rings. The lowest BCUT2D eigenvalue weighted by molar-refractivity contribution is 0.317. The average molecular weight is 486 g/mol. The highest BCUT2D eigenvalue weighted by molar-refractivity contribution is 7.90. The molecule has 0 unspecified atom stereocenters. The number of fused-ring (bicyclic) bond motifs is 1. The van der Waals surface area contributed by atoms with Gasteiger partial charge in [-0.15, -0.1) is 0 Å². The molecule has 0 N–H and O–H groups in total. The molecule has 5 rings (SSSR count). The molecule has 0 amide bonds. The minimum Gasteiger partial charge on any atom is -0.494 e. The molecule has 2 aromatic carbocycles. The zero-order valence-electron chi connectivity index (χ0n) is 20.0. The van der Waals surface area contributed by atoms with Crippen molar-refractivity contribution in [2.75, 3.05) is 6.61 Å². The fourth-order valence-corrected chi connectivity index (χ4v) is 5.92. The number of hydrogen-bond acceptors (Lipinski definition) is 4. The van der Waals surface area contributed by atoms with E-state index in [1.165, 1.54) is 3.97 Å². The van der Waals surface area contributed by atoms with Crippen LogP contribution in [0, 0.1) is 13.8 Å². The third-order valence-electron chi connectivity index (χ3n) is 6.03. The quantitative estimate of drug-likeness (QED) is 0.279. The van der Waals surface area contributed by atoms with Gasteiger partial charge in [-0.1, -0.05) is 25.1 Å². The first-order chi connectivity index (χ1) is 16.9. The molecule has 0 atom stereocenters. The predicted molar refractivity (Wildman–Crippen MR) is 138 cm³/mol. The van der Waals surface area contributed by atoms with Crippen molar-refractivity contribution in [3.63, 3.8) is 0 Å². The zero-order valence-corrected chi connectivity index (χ0v) is 20.8. The molecule has 0 spiro atoms. The second-order valence-corrected chi connectivity index (χ2v) is 10.3. The molecule has 0 radical (unpaired) electrons. The molecule has 5 aromatic rings. The minimum atomic E-state index is -3.68. The van der Waals surface area contributed by atoms with Crippen molar-refractivity contribution in [1.82, 2.24) is 13.6 Å². The maximum Gasteiger partial charge on any atom is 0.268 e. The number of rotatable bonds is 7. The molecule has 0 bridgehead atoms. The van der Waals surface area contributed by atoms with Crippen molar-refractivity contribution in [2.24, 2.45) is 0 Å². The van der Waals surface area contributed by atoms with Gasteiger partial charge < -0.3 is 4.74 Å². The summed E-state index contributed by atoms with van der Waals surface area (Å²) in [6.45, 7) is 6.34. The molecule has 0 aliphatic heterocycles. The molecule has 178 valence electrons. The van der Waals surface area contributed by atoms with Crippen molar-refractivity contribution in [2.45, 2.75) is 32.1 Å². The summed E-state index contributed by atoms with van der Waals surface area (Å²) in [6, 6.07) is 24.5. The molecule has 0 saturated heterocycles. The van der Waals surface area contributed by atoms with E-state index in [-0.39, 0.29) is 4.90 Å². The summed E-state index contributed by atoms with van der Waals surface area (Å²) in [5, 5.41) is 4.84. The van der Waals surface area contributed by atoms with Crippen LogP contribution in [-0.2, 0) is 10.0 Å². The van der Waals surface area contributed by atoms with Crippen molar-refractivity contribution < 1.29 is 13.2 Å². The first-order valence-electron chi connectivity index (χ1n) is 11.6. The van der Waals surface area contributed by atoms with Gasteiger partial charge in [0.15, 0.2) is 0 Å². The van der Waals surface area contributed by atoms with Gasteiger partial charge in [0.05, 0.1) is 17.0 Å². The molecular weight excluding hydrogens is 458 g/mol.